The van der Waals surface area contributed by atoms with Crippen LogP contribution in [0.2, 0.25) is 0 Å². The largest absolute Gasteiger partial charge is 0.504 e. The van der Waals surface area contributed by atoms with E-state index >= 15 is 0 Å². The highest BCUT2D eigenvalue weighted by Crippen LogP contribution is 2.37. The van der Waals surface area contributed by atoms with Crippen LogP contribution in [-0.2, 0) is 0 Å². The fourth-order valence-corrected chi connectivity index (χ4v) is 2.50. The Morgan fingerprint density at radius 2 is 1.57 bits per heavy atom. The zero-order valence-corrected chi connectivity index (χ0v) is 13.9. The Bertz CT molecular complexity index is 750. The number of carbonyl (C=O) groups is 1. The number of hydrogen-bond donors (Lipinski definition) is 1. The van der Waals surface area contributed by atoms with E-state index in [1.807, 2.05) is 6.92 Å². The maximum absolute atomic E-state index is 12.8. The lowest BCUT2D eigenvalue weighted by molar-refractivity contribution is 0.103. The summed E-state index contributed by atoms with van der Waals surface area (Å²) in [5.74, 6) is 0.938. The van der Waals surface area contributed by atoms with Gasteiger partial charge in [0.25, 0.3) is 0 Å². The minimum atomic E-state index is -0.263. The Balaban J connectivity index is 2.58. The first-order valence-corrected chi connectivity index (χ1v) is 7.08. The summed E-state index contributed by atoms with van der Waals surface area (Å²) < 4.78 is 15.8. The molecular formula is C18H20O5. The van der Waals surface area contributed by atoms with E-state index in [0.29, 0.717) is 28.2 Å². The van der Waals surface area contributed by atoms with Gasteiger partial charge in [0, 0.05) is 5.56 Å². The monoisotopic (exact) mass is 316 g/mol. The number of carbonyl (C=O) groups excluding carboxylic acids is 1. The molecule has 0 bridgehead atoms. The minimum Gasteiger partial charge on any atom is -0.504 e. The topological polar surface area (TPSA) is 65.0 Å². The number of rotatable bonds is 5. The molecule has 0 radical (unpaired) electrons. The van der Waals surface area contributed by atoms with Gasteiger partial charge in [-0.05, 0) is 43.2 Å². The molecule has 0 unspecified atom stereocenters. The molecule has 0 saturated heterocycles. The van der Waals surface area contributed by atoms with Crippen molar-refractivity contribution in [2.24, 2.45) is 0 Å². The van der Waals surface area contributed by atoms with Gasteiger partial charge in [-0.25, -0.2) is 0 Å². The molecule has 0 heterocycles. The fraction of sp³-hybridized carbons (Fsp3) is 0.278. The number of methoxy groups -OCH3 is 3. The van der Waals surface area contributed by atoms with Gasteiger partial charge in [0.2, 0.25) is 0 Å². The molecule has 0 fully saturated rings. The second-order valence-corrected chi connectivity index (χ2v) is 5.17. The van der Waals surface area contributed by atoms with Gasteiger partial charge in [0.15, 0.2) is 28.8 Å². The molecule has 0 spiro atoms. The number of ether oxygens (including phenoxy) is 3. The summed E-state index contributed by atoms with van der Waals surface area (Å²) in [5.41, 5.74) is 2.15. The van der Waals surface area contributed by atoms with Crippen LogP contribution < -0.4 is 14.2 Å². The van der Waals surface area contributed by atoms with Gasteiger partial charge in [-0.2, -0.15) is 0 Å². The zero-order valence-electron chi connectivity index (χ0n) is 13.9. The number of hydrogen-bond acceptors (Lipinski definition) is 5. The highest BCUT2D eigenvalue weighted by atomic mass is 16.5. The molecule has 0 amide bonds. The smallest absolute Gasteiger partial charge is 0.197 e. The standard InChI is InChI=1S/C18H20O5/c1-10-6-7-13(18(23-5)15(10)19)16(20)12-8-11(2)17(22-4)14(9-12)21-3/h6-9,19H,1-5H3. The van der Waals surface area contributed by atoms with Crippen LogP contribution in [0, 0.1) is 13.8 Å². The van der Waals surface area contributed by atoms with E-state index in [1.54, 1.807) is 38.3 Å². The molecule has 0 aromatic heterocycles. The van der Waals surface area contributed by atoms with E-state index in [-0.39, 0.29) is 17.3 Å². The lowest BCUT2D eigenvalue weighted by atomic mass is 9.98. The predicted molar refractivity (Wildman–Crippen MR) is 87.1 cm³/mol. The fourth-order valence-electron chi connectivity index (χ4n) is 2.50. The average Bonchev–Trinajstić information content (AvgIpc) is 2.55. The maximum atomic E-state index is 12.8. The normalized spacial score (nSPS) is 10.3. The molecule has 0 aliphatic rings. The summed E-state index contributed by atoms with van der Waals surface area (Å²) in [6.07, 6.45) is 0. The summed E-state index contributed by atoms with van der Waals surface area (Å²) in [6.45, 7) is 3.58. The first kappa shape index (κ1) is 16.7. The van der Waals surface area contributed by atoms with Gasteiger partial charge in [-0.1, -0.05) is 6.07 Å². The van der Waals surface area contributed by atoms with Crippen molar-refractivity contribution in [3.05, 3.63) is 46.5 Å². The van der Waals surface area contributed by atoms with Crippen molar-refractivity contribution in [3.8, 4) is 23.0 Å². The van der Waals surface area contributed by atoms with Crippen LogP contribution in [-0.4, -0.2) is 32.2 Å². The highest BCUT2D eigenvalue weighted by Gasteiger charge is 2.21. The zero-order chi connectivity index (χ0) is 17.1. The van der Waals surface area contributed by atoms with Crippen LogP contribution in [0.15, 0.2) is 24.3 Å². The molecule has 0 atom stereocenters. The van der Waals surface area contributed by atoms with Crippen LogP contribution in [0.3, 0.4) is 0 Å². The third kappa shape index (κ3) is 2.95. The number of aromatic hydroxyl groups is 1. The molecule has 122 valence electrons. The third-order valence-corrected chi connectivity index (χ3v) is 3.71. The Labute approximate surface area is 135 Å². The number of ketones is 1. The van der Waals surface area contributed by atoms with E-state index in [1.165, 1.54) is 14.2 Å². The van der Waals surface area contributed by atoms with Crippen molar-refractivity contribution in [1.82, 2.24) is 0 Å². The molecule has 1 N–H and O–H groups in total. The predicted octanol–water partition coefficient (Wildman–Crippen LogP) is 3.27. The summed E-state index contributed by atoms with van der Waals surface area (Å²) in [6, 6.07) is 6.66. The molecule has 2 aromatic carbocycles. The molecule has 0 aliphatic carbocycles. The number of benzene rings is 2. The van der Waals surface area contributed by atoms with E-state index < -0.39 is 0 Å². The van der Waals surface area contributed by atoms with Gasteiger partial charge in [0.1, 0.15) is 0 Å². The van der Waals surface area contributed by atoms with Crippen LogP contribution in [0.1, 0.15) is 27.0 Å². The van der Waals surface area contributed by atoms with Gasteiger partial charge >= 0.3 is 0 Å². The number of phenols is 1. The van der Waals surface area contributed by atoms with Crippen molar-refractivity contribution in [3.63, 3.8) is 0 Å². The maximum Gasteiger partial charge on any atom is 0.197 e. The molecule has 5 heteroatoms. The van der Waals surface area contributed by atoms with Crippen molar-refractivity contribution < 1.29 is 24.1 Å². The summed E-state index contributed by atoms with van der Waals surface area (Å²) in [4.78, 5) is 12.8. The molecule has 5 nitrogen and oxygen atoms in total. The Hall–Kier alpha value is -2.69. The van der Waals surface area contributed by atoms with Crippen LogP contribution >= 0.6 is 0 Å². The summed E-state index contributed by atoms with van der Waals surface area (Å²) in [7, 11) is 4.49. The van der Waals surface area contributed by atoms with Gasteiger partial charge < -0.3 is 19.3 Å². The lowest BCUT2D eigenvalue weighted by Crippen LogP contribution is -2.06. The molecule has 23 heavy (non-hydrogen) atoms. The molecular weight excluding hydrogens is 296 g/mol. The first-order chi connectivity index (χ1) is 10.9. The average molecular weight is 316 g/mol. The van der Waals surface area contributed by atoms with E-state index in [2.05, 4.69) is 0 Å². The second-order valence-electron chi connectivity index (χ2n) is 5.17. The van der Waals surface area contributed by atoms with Crippen molar-refractivity contribution >= 4 is 5.78 Å². The van der Waals surface area contributed by atoms with E-state index in [4.69, 9.17) is 14.2 Å². The number of phenolic OH excluding ortho intramolecular Hbond substituents is 1. The van der Waals surface area contributed by atoms with Crippen molar-refractivity contribution in [1.29, 1.82) is 0 Å². The third-order valence-electron chi connectivity index (χ3n) is 3.71. The molecule has 2 aromatic rings. The molecule has 2 rings (SSSR count). The van der Waals surface area contributed by atoms with Crippen LogP contribution in [0.5, 0.6) is 23.0 Å². The summed E-state index contributed by atoms with van der Waals surface area (Å²) >= 11 is 0. The molecule has 0 saturated carbocycles. The quantitative estimate of drug-likeness (QED) is 0.858. The van der Waals surface area contributed by atoms with Crippen LogP contribution in [0.4, 0.5) is 0 Å². The van der Waals surface area contributed by atoms with Gasteiger partial charge in [0.05, 0.1) is 26.9 Å². The Morgan fingerprint density at radius 1 is 0.913 bits per heavy atom. The lowest BCUT2D eigenvalue weighted by Gasteiger charge is -2.14. The van der Waals surface area contributed by atoms with E-state index in [9.17, 15) is 9.90 Å². The summed E-state index contributed by atoms with van der Waals surface area (Å²) in [5, 5.41) is 10.1. The van der Waals surface area contributed by atoms with Gasteiger partial charge in [-0.3, -0.25) is 4.79 Å². The molecule has 0 aliphatic heterocycles. The minimum absolute atomic E-state index is 0.0319. The Kier molecular flexibility index (Phi) is 4.79. The Morgan fingerprint density at radius 3 is 2.13 bits per heavy atom. The van der Waals surface area contributed by atoms with Gasteiger partial charge in [-0.15, -0.1) is 0 Å². The van der Waals surface area contributed by atoms with Crippen LogP contribution in [0.25, 0.3) is 0 Å². The second kappa shape index (κ2) is 6.60. The highest BCUT2D eigenvalue weighted by molar-refractivity contribution is 6.11. The van der Waals surface area contributed by atoms with Crippen molar-refractivity contribution in [2.75, 3.05) is 21.3 Å². The first-order valence-electron chi connectivity index (χ1n) is 7.08. The van der Waals surface area contributed by atoms with E-state index in [0.717, 1.165) is 5.56 Å². The SMILES string of the molecule is COc1cc(C(=O)c2ccc(C)c(O)c2OC)cc(C)c1OC. The van der Waals surface area contributed by atoms with Crippen molar-refractivity contribution in [2.45, 2.75) is 13.8 Å². The number of aryl methyl sites for hydroxylation is 2.